The molecule has 0 amide bonds. The van der Waals surface area contributed by atoms with Crippen LogP contribution in [-0.2, 0) is 11.3 Å². The Morgan fingerprint density at radius 2 is 1.85 bits per heavy atom. The summed E-state index contributed by atoms with van der Waals surface area (Å²) in [5.74, 6) is 1.56. The predicted octanol–water partition coefficient (Wildman–Crippen LogP) is 5.24. The lowest BCUT2D eigenvalue weighted by Gasteiger charge is -2.27. The lowest BCUT2D eigenvalue weighted by molar-refractivity contribution is 0.149. The molecule has 1 nitrogen and oxygen atoms in total. The summed E-state index contributed by atoms with van der Waals surface area (Å²) in [5, 5.41) is 0. The van der Waals surface area contributed by atoms with Crippen molar-refractivity contribution in [3.8, 4) is 0 Å². The summed E-state index contributed by atoms with van der Waals surface area (Å²) in [6.07, 6.45) is 11.7. The lowest BCUT2D eigenvalue weighted by atomic mass is 9.78. The van der Waals surface area contributed by atoms with Gasteiger partial charge in [-0.05, 0) is 55.6 Å². The van der Waals surface area contributed by atoms with Crippen LogP contribution < -0.4 is 0 Å². The first kappa shape index (κ1) is 15.1. The fourth-order valence-electron chi connectivity index (χ4n) is 3.06. The SMILES string of the molecule is C=CCOCc1ccc(C2CCC(C=CC)CC2)cc1. The van der Waals surface area contributed by atoms with E-state index in [0.29, 0.717) is 13.2 Å². The van der Waals surface area contributed by atoms with E-state index in [1.165, 1.54) is 36.8 Å². The molecule has 0 radical (unpaired) electrons. The van der Waals surface area contributed by atoms with Gasteiger partial charge in [0.15, 0.2) is 0 Å². The maximum atomic E-state index is 5.47. The molecular formula is C19H26O. The van der Waals surface area contributed by atoms with Crippen molar-refractivity contribution >= 4 is 0 Å². The van der Waals surface area contributed by atoms with Crippen LogP contribution >= 0.6 is 0 Å². The average Bonchev–Trinajstić information content (AvgIpc) is 2.49. The Balaban J connectivity index is 1.86. The van der Waals surface area contributed by atoms with Crippen LogP contribution in [0.1, 0.15) is 49.7 Å². The Morgan fingerprint density at radius 1 is 1.15 bits per heavy atom. The zero-order valence-electron chi connectivity index (χ0n) is 12.6. The van der Waals surface area contributed by atoms with Gasteiger partial charge in [-0.25, -0.2) is 0 Å². The number of hydrogen-bond donors (Lipinski definition) is 0. The number of ether oxygens (including phenoxy) is 1. The first-order valence-corrected chi connectivity index (χ1v) is 7.73. The molecule has 0 saturated heterocycles. The Kier molecular flexibility index (Phi) is 6.07. The number of allylic oxidation sites excluding steroid dienone is 2. The molecule has 0 heterocycles. The van der Waals surface area contributed by atoms with Gasteiger partial charge in [0.25, 0.3) is 0 Å². The molecular weight excluding hydrogens is 244 g/mol. The molecule has 0 unspecified atom stereocenters. The summed E-state index contributed by atoms with van der Waals surface area (Å²) < 4.78 is 5.47. The Bertz CT molecular complexity index is 422. The molecule has 0 spiro atoms. The van der Waals surface area contributed by atoms with Crippen molar-refractivity contribution in [2.45, 2.75) is 45.1 Å². The summed E-state index contributed by atoms with van der Waals surface area (Å²) in [5.41, 5.74) is 2.75. The minimum absolute atomic E-state index is 0.622. The molecule has 0 N–H and O–H groups in total. The topological polar surface area (TPSA) is 9.23 Å². The third kappa shape index (κ3) is 4.35. The third-order valence-corrected chi connectivity index (χ3v) is 4.19. The average molecular weight is 270 g/mol. The first-order valence-electron chi connectivity index (χ1n) is 7.73. The monoisotopic (exact) mass is 270 g/mol. The highest BCUT2D eigenvalue weighted by atomic mass is 16.5. The van der Waals surface area contributed by atoms with Gasteiger partial charge < -0.3 is 4.74 Å². The number of rotatable bonds is 6. The van der Waals surface area contributed by atoms with Crippen LogP contribution in [0.3, 0.4) is 0 Å². The van der Waals surface area contributed by atoms with E-state index < -0.39 is 0 Å². The molecule has 1 aliphatic carbocycles. The van der Waals surface area contributed by atoms with Crippen molar-refractivity contribution in [2.24, 2.45) is 5.92 Å². The standard InChI is InChI=1S/C19H26O/c1-3-5-16-6-10-18(11-7-16)19-12-8-17(9-13-19)15-20-14-4-2/h3-5,8-9,12-13,16,18H,2,6-7,10-11,14-15H2,1H3. The van der Waals surface area contributed by atoms with Crippen molar-refractivity contribution in [1.82, 2.24) is 0 Å². The molecule has 1 aliphatic rings. The van der Waals surface area contributed by atoms with Crippen LogP contribution in [-0.4, -0.2) is 6.61 Å². The third-order valence-electron chi connectivity index (χ3n) is 4.19. The van der Waals surface area contributed by atoms with Gasteiger partial charge in [0.2, 0.25) is 0 Å². The molecule has 0 bridgehead atoms. The molecule has 0 atom stereocenters. The minimum Gasteiger partial charge on any atom is -0.373 e. The van der Waals surface area contributed by atoms with Crippen LogP contribution in [0.4, 0.5) is 0 Å². The van der Waals surface area contributed by atoms with Gasteiger partial charge in [-0.1, -0.05) is 42.5 Å². The Hall–Kier alpha value is -1.34. The molecule has 1 heteroatoms. The number of benzene rings is 1. The summed E-state index contributed by atoms with van der Waals surface area (Å²) in [6, 6.07) is 8.98. The normalized spacial score (nSPS) is 23.1. The zero-order chi connectivity index (χ0) is 14.2. The fraction of sp³-hybridized carbons (Fsp3) is 0.474. The van der Waals surface area contributed by atoms with Crippen LogP contribution in [0, 0.1) is 5.92 Å². The van der Waals surface area contributed by atoms with Crippen LogP contribution in [0.15, 0.2) is 49.1 Å². The maximum Gasteiger partial charge on any atom is 0.0721 e. The zero-order valence-corrected chi connectivity index (χ0v) is 12.6. The van der Waals surface area contributed by atoms with Gasteiger partial charge in [0.1, 0.15) is 0 Å². The summed E-state index contributed by atoms with van der Waals surface area (Å²) in [4.78, 5) is 0. The van der Waals surface area contributed by atoms with E-state index in [9.17, 15) is 0 Å². The Morgan fingerprint density at radius 3 is 2.45 bits per heavy atom. The van der Waals surface area contributed by atoms with Crippen LogP contribution in [0.5, 0.6) is 0 Å². The molecule has 2 rings (SSSR count). The van der Waals surface area contributed by atoms with Crippen molar-refractivity contribution in [2.75, 3.05) is 6.61 Å². The van der Waals surface area contributed by atoms with Crippen molar-refractivity contribution in [3.05, 3.63) is 60.2 Å². The molecule has 108 valence electrons. The Labute approximate surface area is 123 Å². The molecule has 20 heavy (non-hydrogen) atoms. The number of hydrogen-bond acceptors (Lipinski definition) is 1. The molecule has 1 aromatic rings. The van der Waals surface area contributed by atoms with Gasteiger partial charge in [-0.3, -0.25) is 0 Å². The second kappa shape index (κ2) is 8.06. The van der Waals surface area contributed by atoms with Crippen LogP contribution in [0.25, 0.3) is 0 Å². The largest absolute Gasteiger partial charge is 0.373 e. The first-order chi connectivity index (χ1) is 9.83. The van der Waals surface area contributed by atoms with Gasteiger partial charge in [0.05, 0.1) is 13.2 Å². The fourth-order valence-corrected chi connectivity index (χ4v) is 3.06. The lowest BCUT2D eigenvalue weighted by Crippen LogP contribution is -2.11. The van der Waals surface area contributed by atoms with E-state index in [0.717, 1.165) is 11.8 Å². The highest BCUT2D eigenvalue weighted by Crippen LogP contribution is 2.36. The van der Waals surface area contributed by atoms with Gasteiger partial charge >= 0.3 is 0 Å². The van der Waals surface area contributed by atoms with Crippen molar-refractivity contribution < 1.29 is 4.74 Å². The van der Waals surface area contributed by atoms with Gasteiger partial charge in [-0.2, -0.15) is 0 Å². The van der Waals surface area contributed by atoms with Gasteiger partial charge in [0, 0.05) is 0 Å². The predicted molar refractivity (Wildman–Crippen MR) is 85.8 cm³/mol. The van der Waals surface area contributed by atoms with Crippen molar-refractivity contribution in [3.63, 3.8) is 0 Å². The second-order valence-corrected chi connectivity index (χ2v) is 5.68. The van der Waals surface area contributed by atoms with E-state index in [2.05, 4.69) is 49.9 Å². The summed E-state index contributed by atoms with van der Waals surface area (Å²) in [6.45, 7) is 7.08. The molecule has 0 aromatic heterocycles. The maximum absolute atomic E-state index is 5.47. The highest BCUT2D eigenvalue weighted by Gasteiger charge is 2.20. The molecule has 1 fully saturated rings. The molecule has 0 aliphatic heterocycles. The second-order valence-electron chi connectivity index (χ2n) is 5.68. The summed E-state index contributed by atoms with van der Waals surface area (Å²) >= 11 is 0. The molecule has 1 aromatic carbocycles. The van der Waals surface area contributed by atoms with Crippen LogP contribution in [0.2, 0.25) is 0 Å². The summed E-state index contributed by atoms with van der Waals surface area (Å²) in [7, 11) is 0. The van der Waals surface area contributed by atoms with E-state index in [-0.39, 0.29) is 0 Å². The highest BCUT2D eigenvalue weighted by molar-refractivity contribution is 5.25. The van der Waals surface area contributed by atoms with Crippen molar-refractivity contribution in [1.29, 1.82) is 0 Å². The van der Waals surface area contributed by atoms with Gasteiger partial charge in [-0.15, -0.1) is 6.58 Å². The molecule has 1 saturated carbocycles. The van der Waals surface area contributed by atoms with E-state index in [1.54, 1.807) is 6.08 Å². The van der Waals surface area contributed by atoms with E-state index >= 15 is 0 Å². The van der Waals surface area contributed by atoms with E-state index in [4.69, 9.17) is 4.74 Å². The quantitative estimate of drug-likeness (QED) is 0.507. The van der Waals surface area contributed by atoms with E-state index in [1.807, 2.05) is 0 Å². The minimum atomic E-state index is 0.622. The smallest absolute Gasteiger partial charge is 0.0721 e.